The smallest absolute Gasteiger partial charge is 0.234 e. The zero-order chi connectivity index (χ0) is 17.9. The molecule has 0 fully saturated rings. The highest BCUT2D eigenvalue weighted by atomic mass is 35.5. The SMILES string of the molecule is O=C(Cc1ccc(Cl)cc1)Nc1cccc(-c2cn3cccnc3n2)c1. The Bertz CT molecular complexity index is 1040. The fraction of sp³-hybridized carbons (Fsp3) is 0.0500. The molecule has 4 rings (SSSR count). The van der Waals surface area contributed by atoms with Gasteiger partial charge in [0.25, 0.3) is 0 Å². The van der Waals surface area contributed by atoms with Gasteiger partial charge in [0.05, 0.1) is 12.1 Å². The summed E-state index contributed by atoms with van der Waals surface area (Å²) in [6.45, 7) is 0. The fourth-order valence-electron chi connectivity index (χ4n) is 2.72. The van der Waals surface area contributed by atoms with Crippen LogP contribution in [0.2, 0.25) is 5.02 Å². The van der Waals surface area contributed by atoms with Crippen molar-refractivity contribution in [2.45, 2.75) is 6.42 Å². The molecule has 128 valence electrons. The third kappa shape index (κ3) is 3.58. The molecule has 0 saturated heterocycles. The second-order valence-electron chi connectivity index (χ2n) is 5.89. The Hall–Kier alpha value is -3.18. The number of nitrogens with zero attached hydrogens (tertiary/aromatic N) is 3. The second kappa shape index (κ2) is 6.98. The quantitative estimate of drug-likeness (QED) is 0.591. The van der Waals surface area contributed by atoms with Crippen LogP contribution in [0.4, 0.5) is 5.69 Å². The van der Waals surface area contributed by atoms with Gasteiger partial charge in [-0.2, -0.15) is 0 Å². The molecule has 0 atom stereocenters. The van der Waals surface area contributed by atoms with Gasteiger partial charge >= 0.3 is 0 Å². The van der Waals surface area contributed by atoms with Crippen molar-refractivity contribution in [1.82, 2.24) is 14.4 Å². The molecule has 2 heterocycles. The van der Waals surface area contributed by atoms with E-state index in [-0.39, 0.29) is 5.91 Å². The normalized spacial score (nSPS) is 10.8. The highest BCUT2D eigenvalue weighted by Gasteiger charge is 2.08. The molecule has 5 nitrogen and oxygen atoms in total. The van der Waals surface area contributed by atoms with Crippen LogP contribution in [0.1, 0.15) is 5.56 Å². The summed E-state index contributed by atoms with van der Waals surface area (Å²) in [7, 11) is 0. The number of carbonyl (C=O) groups is 1. The van der Waals surface area contributed by atoms with E-state index in [0.29, 0.717) is 17.2 Å². The molecular weight excluding hydrogens is 348 g/mol. The van der Waals surface area contributed by atoms with Crippen molar-refractivity contribution in [3.05, 3.63) is 83.8 Å². The van der Waals surface area contributed by atoms with Crippen LogP contribution in [0.5, 0.6) is 0 Å². The highest BCUT2D eigenvalue weighted by molar-refractivity contribution is 6.30. The zero-order valence-electron chi connectivity index (χ0n) is 13.8. The predicted molar refractivity (Wildman–Crippen MR) is 102 cm³/mol. The number of anilines is 1. The van der Waals surface area contributed by atoms with E-state index < -0.39 is 0 Å². The first-order valence-electron chi connectivity index (χ1n) is 8.12. The molecule has 6 heteroatoms. The van der Waals surface area contributed by atoms with Crippen LogP contribution >= 0.6 is 11.6 Å². The van der Waals surface area contributed by atoms with E-state index in [0.717, 1.165) is 22.5 Å². The molecule has 0 saturated carbocycles. The molecular formula is C20H15ClN4O. The minimum absolute atomic E-state index is 0.0823. The van der Waals surface area contributed by atoms with Gasteiger partial charge in [-0.25, -0.2) is 9.97 Å². The van der Waals surface area contributed by atoms with Gasteiger partial charge in [0, 0.05) is 34.9 Å². The molecule has 0 bridgehead atoms. The number of imidazole rings is 1. The van der Waals surface area contributed by atoms with Gasteiger partial charge in [0.1, 0.15) is 0 Å². The maximum Gasteiger partial charge on any atom is 0.234 e. The van der Waals surface area contributed by atoms with E-state index in [4.69, 9.17) is 11.6 Å². The average molecular weight is 363 g/mol. The molecule has 2 aromatic carbocycles. The molecule has 1 N–H and O–H groups in total. The number of aromatic nitrogens is 3. The van der Waals surface area contributed by atoms with E-state index in [1.54, 1.807) is 18.3 Å². The standard InChI is InChI=1S/C20H15ClN4O/c21-16-7-5-14(6-8-16)11-19(26)23-17-4-1-3-15(12-17)18-13-25-10-2-9-22-20(25)24-18/h1-10,12-13H,11H2,(H,23,26). The number of carbonyl (C=O) groups excluding carboxylic acids is 1. The summed E-state index contributed by atoms with van der Waals surface area (Å²) in [6.07, 6.45) is 5.81. The molecule has 2 aromatic heterocycles. The second-order valence-corrected chi connectivity index (χ2v) is 6.32. The molecule has 26 heavy (non-hydrogen) atoms. The minimum atomic E-state index is -0.0823. The Morgan fingerprint density at radius 1 is 1.12 bits per heavy atom. The summed E-state index contributed by atoms with van der Waals surface area (Å²) in [6, 6.07) is 16.7. The number of hydrogen-bond donors (Lipinski definition) is 1. The van der Waals surface area contributed by atoms with Crippen molar-refractivity contribution in [2.75, 3.05) is 5.32 Å². The lowest BCUT2D eigenvalue weighted by Crippen LogP contribution is -2.14. The lowest BCUT2D eigenvalue weighted by atomic mass is 10.1. The molecule has 0 aliphatic rings. The van der Waals surface area contributed by atoms with E-state index in [2.05, 4.69) is 15.3 Å². The van der Waals surface area contributed by atoms with E-state index in [1.165, 1.54) is 0 Å². The van der Waals surface area contributed by atoms with Crippen LogP contribution in [0.25, 0.3) is 17.0 Å². The largest absolute Gasteiger partial charge is 0.326 e. The molecule has 1 amide bonds. The van der Waals surface area contributed by atoms with Crippen LogP contribution < -0.4 is 5.32 Å². The van der Waals surface area contributed by atoms with Crippen molar-refractivity contribution in [3.63, 3.8) is 0 Å². The molecule has 0 aliphatic carbocycles. The van der Waals surface area contributed by atoms with Crippen molar-refractivity contribution in [1.29, 1.82) is 0 Å². The van der Waals surface area contributed by atoms with Crippen molar-refractivity contribution in [3.8, 4) is 11.3 Å². The molecule has 4 aromatic rings. The first kappa shape index (κ1) is 16.3. The lowest BCUT2D eigenvalue weighted by Gasteiger charge is -2.07. The number of amides is 1. The maximum absolute atomic E-state index is 12.3. The topological polar surface area (TPSA) is 59.3 Å². The van der Waals surface area contributed by atoms with Gasteiger partial charge in [0.2, 0.25) is 11.7 Å². The Labute approximate surface area is 155 Å². The van der Waals surface area contributed by atoms with Gasteiger partial charge in [-0.15, -0.1) is 0 Å². The summed E-state index contributed by atoms with van der Waals surface area (Å²) in [5.74, 6) is 0.556. The summed E-state index contributed by atoms with van der Waals surface area (Å²) in [4.78, 5) is 21.0. The van der Waals surface area contributed by atoms with Crippen LogP contribution in [-0.2, 0) is 11.2 Å². The van der Waals surface area contributed by atoms with Crippen LogP contribution in [0, 0.1) is 0 Å². The summed E-state index contributed by atoms with van der Waals surface area (Å²) in [5.41, 5.74) is 3.36. The fourth-order valence-corrected chi connectivity index (χ4v) is 2.84. The van der Waals surface area contributed by atoms with Crippen LogP contribution in [-0.4, -0.2) is 20.3 Å². The molecule has 0 spiro atoms. The number of rotatable bonds is 4. The van der Waals surface area contributed by atoms with E-state index in [1.807, 2.05) is 59.3 Å². The first-order valence-corrected chi connectivity index (χ1v) is 8.50. The van der Waals surface area contributed by atoms with Gasteiger partial charge in [0.15, 0.2) is 0 Å². The summed E-state index contributed by atoms with van der Waals surface area (Å²) in [5, 5.41) is 3.58. The average Bonchev–Trinajstić information content (AvgIpc) is 3.08. The van der Waals surface area contributed by atoms with Gasteiger partial charge in [-0.1, -0.05) is 35.9 Å². The Morgan fingerprint density at radius 2 is 1.96 bits per heavy atom. The van der Waals surface area contributed by atoms with Crippen molar-refractivity contribution in [2.24, 2.45) is 0 Å². The summed E-state index contributed by atoms with van der Waals surface area (Å²) >= 11 is 5.87. The van der Waals surface area contributed by atoms with Crippen molar-refractivity contribution >= 4 is 29.0 Å². The molecule has 0 radical (unpaired) electrons. The highest BCUT2D eigenvalue weighted by Crippen LogP contribution is 2.22. The first-order chi connectivity index (χ1) is 12.7. The van der Waals surface area contributed by atoms with Gasteiger partial charge in [-0.3, -0.25) is 9.20 Å². The van der Waals surface area contributed by atoms with Crippen LogP contribution in [0.15, 0.2) is 73.2 Å². The van der Waals surface area contributed by atoms with Crippen LogP contribution in [0.3, 0.4) is 0 Å². The third-order valence-electron chi connectivity index (χ3n) is 3.96. The third-order valence-corrected chi connectivity index (χ3v) is 4.21. The van der Waals surface area contributed by atoms with E-state index in [9.17, 15) is 4.79 Å². The molecule has 0 unspecified atom stereocenters. The van der Waals surface area contributed by atoms with E-state index >= 15 is 0 Å². The Balaban J connectivity index is 1.51. The Kier molecular flexibility index (Phi) is 4.37. The number of fused-ring (bicyclic) bond motifs is 1. The Morgan fingerprint density at radius 3 is 2.77 bits per heavy atom. The zero-order valence-corrected chi connectivity index (χ0v) is 14.5. The predicted octanol–water partition coefficient (Wildman–Crippen LogP) is 4.23. The maximum atomic E-state index is 12.3. The number of hydrogen-bond acceptors (Lipinski definition) is 3. The number of benzene rings is 2. The van der Waals surface area contributed by atoms with Gasteiger partial charge < -0.3 is 5.32 Å². The van der Waals surface area contributed by atoms with Crippen molar-refractivity contribution < 1.29 is 4.79 Å². The number of nitrogens with one attached hydrogen (secondary N) is 1. The van der Waals surface area contributed by atoms with Gasteiger partial charge in [-0.05, 0) is 35.9 Å². The molecule has 0 aliphatic heterocycles. The minimum Gasteiger partial charge on any atom is -0.326 e. The lowest BCUT2D eigenvalue weighted by molar-refractivity contribution is -0.115. The summed E-state index contributed by atoms with van der Waals surface area (Å²) < 4.78 is 1.86. The number of halogens is 1. The monoisotopic (exact) mass is 362 g/mol.